The molecule has 1 aromatic carbocycles. The fourth-order valence-corrected chi connectivity index (χ4v) is 2.87. The van der Waals surface area contributed by atoms with Crippen LogP contribution in [-0.2, 0) is 4.79 Å². The van der Waals surface area contributed by atoms with Gasteiger partial charge in [-0.25, -0.2) is 0 Å². The Hall–Kier alpha value is -2.36. The number of pyridine rings is 1. The molecule has 2 N–H and O–H groups in total. The fourth-order valence-electron chi connectivity index (χ4n) is 2.87. The summed E-state index contributed by atoms with van der Waals surface area (Å²) in [6, 6.07) is 10.2. The Morgan fingerprint density at radius 1 is 1.29 bits per heavy atom. The standard InChI is InChI=1S/C17H19N3O/c1-3-6-15(19-11(2)21)17-16-13(9-10-18-17)12-7-4-5-8-14(12)20-16/h4-5,7-10,15,20H,3,6H2,1-2H3,(H,19,21). The first-order valence-corrected chi connectivity index (χ1v) is 7.33. The van der Waals surface area contributed by atoms with E-state index in [2.05, 4.69) is 34.3 Å². The monoisotopic (exact) mass is 281 g/mol. The maximum Gasteiger partial charge on any atom is 0.217 e. The van der Waals surface area contributed by atoms with Crippen molar-refractivity contribution in [2.24, 2.45) is 0 Å². The first-order valence-electron chi connectivity index (χ1n) is 7.33. The highest BCUT2D eigenvalue weighted by atomic mass is 16.1. The van der Waals surface area contributed by atoms with Crippen LogP contribution in [0.25, 0.3) is 21.8 Å². The number of aromatic amines is 1. The summed E-state index contributed by atoms with van der Waals surface area (Å²) >= 11 is 0. The fraction of sp³-hybridized carbons (Fsp3) is 0.294. The number of nitrogens with one attached hydrogen (secondary N) is 2. The molecule has 2 heterocycles. The van der Waals surface area contributed by atoms with Gasteiger partial charge >= 0.3 is 0 Å². The summed E-state index contributed by atoms with van der Waals surface area (Å²) < 4.78 is 0. The van der Waals surface area contributed by atoms with E-state index in [0.717, 1.165) is 35.0 Å². The average molecular weight is 281 g/mol. The molecule has 1 amide bonds. The van der Waals surface area contributed by atoms with Gasteiger partial charge in [-0.05, 0) is 18.6 Å². The molecular formula is C17H19N3O. The van der Waals surface area contributed by atoms with Crippen LogP contribution in [0.4, 0.5) is 0 Å². The lowest BCUT2D eigenvalue weighted by molar-refractivity contribution is -0.119. The van der Waals surface area contributed by atoms with E-state index in [9.17, 15) is 4.79 Å². The van der Waals surface area contributed by atoms with Crippen molar-refractivity contribution in [2.75, 3.05) is 0 Å². The zero-order chi connectivity index (χ0) is 14.8. The molecule has 0 aliphatic rings. The van der Waals surface area contributed by atoms with E-state index in [4.69, 9.17) is 0 Å². The lowest BCUT2D eigenvalue weighted by Crippen LogP contribution is -2.26. The predicted molar refractivity (Wildman–Crippen MR) is 85.1 cm³/mol. The highest BCUT2D eigenvalue weighted by molar-refractivity contribution is 6.07. The lowest BCUT2D eigenvalue weighted by atomic mass is 10.0. The summed E-state index contributed by atoms with van der Waals surface area (Å²) in [4.78, 5) is 19.4. The second-order valence-electron chi connectivity index (χ2n) is 5.33. The van der Waals surface area contributed by atoms with Crippen molar-refractivity contribution in [3.63, 3.8) is 0 Å². The molecule has 0 saturated carbocycles. The van der Waals surface area contributed by atoms with Crippen LogP contribution in [0.5, 0.6) is 0 Å². The molecule has 2 aromatic heterocycles. The van der Waals surface area contributed by atoms with Gasteiger partial charge in [0, 0.05) is 29.4 Å². The second-order valence-corrected chi connectivity index (χ2v) is 5.33. The van der Waals surface area contributed by atoms with Crippen molar-refractivity contribution in [3.8, 4) is 0 Å². The van der Waals surface area contributed by atoms with E-state index in [1.54, 1.807) is 6.92 Å². The summed E-state index contributed by atoms with van der Waals surface area (Å²) in [6.07, 6.45) is 3.69. The zero-order valence-electron chi connectivity index (χ0n) is 12.3. The zero-order valence-corrected chi connectivity index (χ0v) is 12.3. The molecule has 108 valence electrons. The highest BCUT2D eigenvalue weighted by Gasteiger charge is 2.18. The number of aromatic nitrogens is 2. The Balaban J connectivity index is 2.19. The Morgan fingerprint density at radius 2 is 2.10 bits per heavy atom. The maximum atomic E-state index is 11.5. The average Bonchev–Trinajstić information content (AvgIpc) is 2.85. The van der Waals surface area contributed by atoms with Crippen LogP contribution in [0.2, 0.25) is 0 Å². The number of carbonyl (C=O) groups is 1. The number of hydrogen-bond donors (Lipinski definition) is 2. The minimum Gasteiger partial charge on any atom is -0.353 e. The summed E-state index contributed by atoms with van der Waals surface area (Å²) in [5.74, 6) is -0.0247. The van der Waals surface area contributed by atoms with Crippen LogP contribution < -0.4 is 5.32 Å². The van der Waals surface area contributed by atoms with Gasteiger partial charge < -0.3 is 10.3 Å². The smallest absolute Gasteiger partial charge is 0.217 e. The Morgan fingerprint density at radius 3 is 2.86 bits per heavy atom. The van der Waals surface area contributed by atoms with Crippen molar-refractivity contribution < 1.29 is 4.79 Å². The summed E-state index contributed by atoms with van der Waals surface area (Å²) in [7, 11) is 0. The van der Waals surface area contributed by atoms with Crippen LogP contribution >= 0.6 is 0 Å². The molecule has 0 bridgehead atoms. The van der Waals surface area contributed by atoms with E-state index >= 15 is 0 Å². The van der Waals surface area contributed by atoms with Crippen molar-refractivity contribution in [1.29, 1.82) is 0 Å². The number of rotatable bonds is 4. The number of nitrogens with zero attached hydrogens (tertiary/aromatic N) is 1. The van der Waals surface area contributed by atoms with Crippen molar-refractivity contribution in [3.05, 3.63) is 42.2 Å². The quantitative estimate of drug-likeness (QED) is 0.766. The summed E-state index contributed by atoms with van der Waals surface area (Å²) in [5, 5.41) is 5.36. The van der Waals surface area contributed by atoms with Crippen LogP contribution in [0, 0.1) is 0 Å². The van der Waals surface area contributed by atoms with Gasteiger partial charge in [0.2, 0.25) is 5.91 Å². The first kappa shape index (κ1) is 13.6. The van der Waals surface area contributed by atoms with Crippen molar-refractivity contribution >= 4 is 27.7 Å². The van der Waals surface area contributed by atoms with Gasteiger partial charge in [-0.3, -0.25) is 9.78 Å². The van der Waals surface area contributed by atoms with Gasteiger partial charge in [0.15, 0.2) is 0 Å². The number of amides is 1. The molecule has 1 unspecified atom stereocenters. The SMILES string of the molecule is CCCC(NC(C)=O)c1nccc2c1[nH]c1ccccc12. The summed E-state index contributed by atoms with van der Waals surface area (Å²) in [5.41, 5.74) is 3.03. The molecule has 0 aliphatic heterocycles. The normalized spacial score (nSPS) is 12.7. The number of benzene rings is 1. The largest absolute Gasteiger partial charge is 0.353 e. The molecule has 4 heteroatoms. The molecule has 1 atom stereocenters. The number of carbonyl (C=O) groups excluding carboxylic acids is 1. The molecule has 3 rings (SSSR count). The molecule has 3 aromatic rings. The molecular weight excluding hydrogens is 262 g/mol. The Labute approximate surface area is 123 Å². The molecule has 0 spiro atoms. The van der Waals surface area contributed by atoms with Gasteiger partial charge in [-0.1, -0.05) is 31.5 Å². The van der Waals surface area contributed by atoms with E-state index < -0.39 is 0 Å². The van der Waals surface area contributed by atoms with E-state index in [1.807, 2.05) is 24.4 Å². The second kappa shape index (κ2) is 5.56. The Bertz CT molecular complexity index is 791. The van der Waals surface area contributed by atoms with Gasteiger partial charge in [0.05, 0.1) is 17.3 Å². The number of fused-ring (bicyclic) bond motifs is 3. The van der Waals surface area contributed by atoms with E-state index in [1.165, 1.54) is 5.39 Å². The van der Waals surface area contributed by atoms with Crippen LogP contribution in [0.3, 0.4) is 0 Å². The van der Waals surface area contributed by atoms with Gasteiger partial charge in [-0.15, -0.1) is 0 Å². The van der Waals surface area contributed by atoms with Gasteiger partial charge in [0.25, 0.3) is 0 Å². The minimum absolute atomic E-state index is 0.0247. The van der Waals surface area contributed by atoms with Crippen LogP contribution in [0.1, 0.15) is 38.4 Å². The Kier molecular flexibility index (Phi) is 3.60. The van der Waals surface area contributed by atoms with Crippen LogP contribution in [-0.4, -0.2) is 15.9 Å². The molecule has 4 nitrogen and oxygen atoms in total. The van der Waals surface area contributed by atoms with E-state index in [-0.39, 0.29) is 11.9 Å². The van der Waals surface area contributed by atoms with Crippen LogP contribution in [0.15, 0.2) is 36.5 Å². The van der Waals surface area contributed by atoms with E-state index in [0.29, 0.717) is 0 Å². The maximum absolute atomic E-state index is 11.5. The third-order valence-electron chi connectivity index (χ3n) is 3.74. The topological polar surface area (TPSA) is 57.8 Å². The first-order chi connectivity index (χ1) is 10.2. The molecule has 21 heavy (non-hydrogen) atoms. The van der Waals surface area contributed by atoms with Crippen molar-refractivity contribution in [2.45, 2.75) is 32.7 Å². The molecule has 0 radical (unpaired) electrons. The lowest BCUT2D eigenvalue weighted by Gasteiger charge is -2.17. The highest BCUT2D eigenvalue weighted by Crippen LogP contribution is 2.30. The third kappa shape index (κ3) is 2.49. The number of para-hydroxylation sites is 1. The minimum atomic E-state index is -0.0516. The number of H-pyrrole nitrogens is 1. The summed E-state index contributed by atoms with van der Waals surface area (Å²) in [6.45, 7) is 3.66. The van der Waals surface area contributed by atoms with Crippen molar-refractivity contribution in [1.82, 2.24) is 15.3 Å². The molecule has 0 aliphatic carbocycles. The van der Waals surface area contributed by atoms with Gasteiger partial charge in [-0.2, -0.15) is 0 Å². The molecule has 0 saturated heterocycles. The third-order valence-corrected chi connectivity index (χ3v) is 3.74. The molecule has 0 fully saturated rings. The van der Waals surface area contributed by atoms with Gasteiger partial charge in [0.1, 0.15) is 0 Å². The predicted octanol–water partition coefficient (Wildman–Crippen LogP) is 3.69. The number of hydrogen-bond acceptors (Lipinski definition) is 2.